The fourth-order valence-corrected chi connectivity index (χ4v) is 1.02. The first-order valence-electron chi connectivity index (χ1n) is 3.78. The topological polar surface area (TPSA) is 76.0 Å². The molecule has 0 aromatic heterocycles. The van der Waals surface area contributed by atoms with E-state index in [0.29, 0.717) is 0 Å². The first kappa shape index (κ1) is 13.7. The Morgan fingerprint density at radius 2 is 1.60 bits per heavy atom. The maximum atomic E-state index is 10.7. The first-order chi connectivity index (χ1) is 6.60. The number of methoxy groups -OCH3 is 2. The van der Waals surface area contributed by atoms with Gasteiger partial charge in [0.2, 0.25) is 5.75 Å². The summed E-state index contributed by atoms with van der Waals surface area (Å²) in [4.78, 5) is 10.7. The second-order valence-corrected chi connectivity index (χ2v) is 2.53. The minimum absolute atomic E-state index is 0. The molecule has 0 aliphatic heterocycles. The van der Waals surface area contributed by atoms with E-state index in [0.717, 1.165) is 0 Å². The number of phenolic OH excluding ortho intramolecular Hbond substituents is 1. The molecule has 0 saturated heterocycles. The van der Waals surface area contributed by atoms with Crippen molar-refractivity contribution < 1.29 is 44.0 Å². The van der Waals surface area contributed by atoms with Crippen molar-refractivity contribution in [1.29, 1.82) is 0 Å². The van der Waals surface area contributed by atoms with Gasteiger partial charge in [-0.3, -0.25) is 0 Å². The van der Waals surface area contributed by atoms with Gasteiger partial charge in [0.25, 0.3) is 0 Å². The van der Waals surface area contributed by atoms with Crippen LogP contribution in [-0.4, -0.2) is 30.4 Å². The maximum absolute atomic E-state index is 10.7. The van der Waals surface area contributed by atoms with Gasteiger partial charge in [-0.15, -0.1) is 0 Å². The summed E-state index contributed by atoms with van der Waals surface area (Å²) in [6.45, 7) is 0. The van der Waals surface area contributed by atoms with Crippen LogP contribution in [0.5, 0.6) is 17.2 Å². The molecule has 2 N–H and O–H groups in total. The van der Waals surface area contributed by atoms with Crippen molar-refractivity contribution in [1.82, 2.24) is 0 Å². The van der Waals surface area contributed by atoms with E-state index in [2.05, 4.69) is 0 Å². The van der Waals surface area contributed by atoms with Crippen molar-refractivity contribution in [3.63, 3.8) is 0 Å². The fourth-order valence-electron chi connectivity index (χ4n) is 1.02. The molecule has 15 heavy (non-hydrogen) atoms. The molecule has 0 radical (unpaired) electrons. The van der Waals surface area contributed by atoms with E-state index in [1.165, 1.54) is 26.4 Å². The van der Waals surface area contributed by atoms with Crippen LogP contribution >= 0.6 is 0 Å². The van der Waals surface area contributed by atoms with Crippen molar-refractivity contribution in [3.05, 3.63) is 17.7 Å². The molecule has 6 heteroatoms. The van der Waals surface area contributed by atoms with Crippen LogP contribution in [0.25, 0.3) is 0 Å². The summed E-state index contributed by atoms with van der Waals surface area (Å²) in [5.41, 5.74) is -0.00324. The normalized spacial score (nSPS) is 8.93. The quantitative estimate of drug-likeness (QED) is 0.799. The zero-order valence-electron chi connectivity index (χ0n) is 8.48. The molecule has 0 aliphatic rings. The summed E-state index contributed by atoms with van der Waals surface area (Å²) < 4.78 is 9.57. The Labute approximate surface area is 99.4 Å². The molecule has 5 nitrogen and oxygen atoms in total. The van der Waals surface area contributed by atoms with Crippen LogP contribution in [-0.2, 0) is 19.5 Å². The summed E-state index contributed by atoms with van der Waals surface area (Å²) in [6, 6.07) is 2.44. The Balaban J connectivity index is 0.00000196. The van der Waals surface area contributed by atoms with Gasteiger partial charge in [-0.1, -0.05) is 0 Å². The minimum atomic E-state index is -1.11. The van der Waals surface area contributed by atoms with Crippen LogP contribution < -0.4 is 9.47 Å². The number of hydrogen-bond acceptors (Lipinski definition) is 4. The van der Waals surface area contributed by atoms with E-state index in [1.807, 2.05) is 0 Å². The summed E-state index contributed by atoms with van der Waals surface area (Å²) in [5, 5.41) is 18.2. The summed E-state index contributed by atoms with van der Waals surface area (Å²) in [6.07, 6.45) is 0. The van der Waals surface area contributed by atoms with Crippen molar-refractivity contribution in [3.8, 4) is 17.2 Å². The standard InChI is InChI=1S/C9H10O5.Zn/c1-13-6-3-5(9(11)12)4-7(14-2)8(6)10;/h3-4,10H,1-2H3,(H,11,12);. The predicted octanol–water partition coefficient (Wildman–Crippen LogP) is 1.11. The number of carbonyl (C=O) groups is 1. The number of carboxylic acids is 1. The van der Waals surface area contributed by atoms with E-state index >= 15 is 0 Å². The van der Waals surface area contributed by atoms with Crippen LogP contribution in [0.1, 0.15) is 10.4 Å². The van der Waals surface area contributed by atoms with Crippen molar-refractivity contribution in [2.45, 2.75) is 0 Å². The number of aromatic hydroxyl groups is 1. The van der Waals surface area contributed by atoms with Crippen LogP contribution in [0.4, 0.5) is 0 Å². The van der Waals surface area contributed by atoms with Gasteiger partial charge in [0, 0.05) is 19.5 Å². The average Bonchev–Trinajstić information content (AvgIpc) is 2.17. The number of phenols is 1. The van der Waals surface area contributed by atoms with E-state index in [1.54, 1.807) is 0 Å². The Morgan fingerprint density at radius 3 is 1.87 bits per heavy atom. The van der Waals surface area contributed by atoms with E-state index in [-0.39, 0.29) is 42.3 Å². The molecule has 0 atom stereocenters. The number of carboxylic acid groups (broad SMARTS) is 1. The molecule has 0 bridgehead atoms. The fraction of sp³-hybridized carbons (Fsp3) is 0.222. The molecule has 1 rings (SSSR count). The molecule has 1 aromatic rings. The Morgan fingerprint density at radius 1 is 1.20 bits per heavy atom. The van der Waals surface area contributed by atoms with E-state index < -0.39 is 5.97 Å². The molecule has 0 unspecified atom stereocenters. The summed E-state index contributed by atoms with van der Waals surface area (Å²) in [5.74, 6) is -1.18. The summed E-state index contributed by atoms with van der Waals surface area (Å²) in [7, 11) is 2.67. The Hall–Kier alpha value is -1.29. The van der Waals surface area contributed by atoms with Gasteiger partial charge in [0.05, 0.1) is 19.8 Å². The number of hydrogen-bond donors (Lipinski definition) is 2. The second kappa shape index (κ2) is 5.56. The molecule has 0 heterocycles. The second-order valence-electron chi connectivity index (χ2n) is 2.53. The van der Waals surface area contributed by atoms with E-state index in [9.17, 15) is 9.90 Å². The van der Waals surface area contributed by atoms with Gasteiger partial charge in [-0.05, 0) is 12.1 Å². The average molecular weight is 264 g/mol. The molecule has 1 aromatic carbocycles. The van der Waals surface area contributed by atoms with Crippen LogP contribution in [0.3, 0.4) is 0 Å². The van der Waals surface area contributed by atoms with Gasteiger partial charge in [-0.2, -0.15) is 0 Å². The zero-order valence-corrected chi connectivity index (χ0v) is 11.4. The zero-order chi connectivity index (χ0) is 10.7. The van der Waals surface area contributed by atoms with Crippen molar-refractivity contribution in [2.24, 2.45) is 0 Å². The third kappa shape index (κ3) is 2.83. The number of ether oxygens (including phenoxy) is 2. The predicted molar refractivity (Wildman–Crippen MR) is 48.2 cm³/mol. The number of aromatic carboxylic acids is 1. The third-order valence-corrected chi connectivity index (χ3v) is 1.73. The number of benzene rings is 1. The third-order valence-electron chi connectivity index (χ3n) is 1.73. The maximum Gasteiger partial charge on any atom is 0.335 e. The van der Waals surface area contributed by atoms with Crippen LogP contribution in [0, 0.1) is 0 Å². The largest absolute Gasteiger partial charge is 0.502 e. The van der Waals surface area contributed by atoms with Crippen LogP contribution in [0.2, 0.25) is 0 Å². The molecule has 78 valence electrons. The smallest absolute Gasteiger partial charge is 0.335 e. The minimum Gasteiger partial charge on any atom is -0.502 e. The molecule has 0 fully saturated rings. The molecule has 0 spiro atoms. The molecule has 0 amide bonds. The molecule has 0 aliphatic carbocycles. The Bertz CT molecular complexity index is 339. The molecule has 0 saturated carbocycles. The molecular weight excluding hydrogens is 253 g/mol. The van der Waals surface area contributed by atoms with Gasteiger partial charge in [0.1, 0.15) is 0 Å². The molecular formula is C9H10O5Zn. The number of rotatable bonds is 3. The van der Waals surface area contributed by atoms with E-state index in [4.69, 9.17) is 14.6 Å². The van der Waals surface area contributed by atoms with Gasteiger partial charge in [0.15, 0.2) is 11.5 Å². The monoisotopic (exact) mass is 262 g/mol. The summed E-state index contributed by atoms with van der Waals surface area (Å²) >= 11 is 0. The van der Waals surface area contributed by atoms with Crippen LogP contribution in [0.15, 0.2) is 12.1 Å². The van der Waals surface area contributed by atoms with Gasteiger partial charge in [-0.25, -0.2) is 4.79 Å². The Kier molecular flexibility index (Phi) is 5.08. The van der Waals surface area contributed by atoms with Crippen molar-refractivity contribution in [2.75, 3.05) is 14.2 Å². The van der Waals surface area contributed by atoms with Gasteiger partial charge >= 0.3 is 5.97 Å². The van der Waals surface area contributed by atoms with Gasteiger partial charge < -0.3 is 19.7 Å². The first-order valence-corrected chi connectivity index (χ1v) is 3.78. The SMILES string of the molecule is COc1cc(C(=O)O)cc(OC)c1O.[Zn]. The van der Waals surface area contributed by atoms with Crippen molar-refractivity contribution >= 4 is 5.97 Å².